The summed E-state index contributed by atoms with van der Waals surface area (Å²) in [6.07, 6.45) is 1.00. The van der Waals surface area contributed by atoms with Crippen molar-refractivity contribution < 1.29 is 23.4 Å². The van der Waals surface area contributed by atoms with Crippen molar-refractivity contribution in [2.75, 3.05) is 19.8 Å². The van der Waals surface area contributed by atoms with Crippen molar-refractivity contribution in [2.45, 2.75) is 33.0 Å². The van der Waals surface area contributed by atoms with Gasteiger partial charge in [-0.2, -0.15) is 0 Å². The first-order chi connectivity index (χ1) is 10.2. The van der Waals surface area contributed by atoms with Gasteiger partial charge in [0.25, 0.3) is 0 Å². The maximum absolute atomic E-state index is 14.1. The van der Waals surface area contributed by atoms with E-state index in [4.69, 9.17) is 14.2 Å². The van der Waals surface area contributed by atoms with Crippen LogP contribution < -0.4 is 0 Å². The molecule has 1 aliphatic rings. The van der Waals surface area contributed by atoms with E-state index in [-0.39, 0.29) is 5.56 Å². The van der Waals surface area contributed by atoms with Gasteiger partial charge in [0, 0.05) is 11.5 Å². The molecule has 1 fully saturated rings. The molecule has 1 aromatic carbocycles. The summed E-state index contributed by atoms with van der Waals surface area (Å²) in [5.41, 5.74) is 0.517. The molecule has 21 heavy (non-hydrogen) atoms. The van der Waals surface area contributed by atoms with E-state index in [9.17, 15) is 9.18 Å². The van der Waals surface area contributed by atoms with E-state index in [1.807, 2.05) is 6.92 Å². The number of hydrogen-bond donors (Lipinski definition) is 0. The zero-order chi connectivity index (χ0) is 15.2. The first kappa shape index (κ1) is 15.9. The topological polar surface area (TPSA) is 44.8 Å². The minimum absolute atomic E-state index is 0.201. The van der Waals surface area contributed by atoms with Crippen LogP contribution in [0.1, 0.15) is 48.9 Å². The summed E-state index contributed by atoms with van der Waals surface area (Å²) < 4.78 is 30.2. The molecule has 0 amide bonds. The fourth-order valence-corrected chi connectivity index (χ4v) is 2.08. The van der Waals surface area contributed by atoms with E-state index >= 15 is 0 Å². The van der Waals surface area contributed by atoms with Gasteiger partial charge in [-0.25, -0.2) is 9.18 Å². The highest BCUT2D eigenvalue weighted by atomic mass is 19.1. The molecule has 0 atom stereocenters. The summed E-state index contributed by atoms with van der Waals surface area (Å²) in [4.78, 5) is 11.7. The Morgan fingerprint density at radius 2 is 2.05 bits per heavy atom. The Balaban J connectivity index is 2.04. The number of esters is 1. The van der Waals surface area contributed by atoms with Crippen molar-refractivity contribution in [2.24, 2.45) is 5.92 Å². The maximum atomic E-state index is 14.1. The standard InChI is InChI=1S/C16H21FO4/c1-3-7-19-15(18)12-5-6-13(14(17)8-12)16-20-9-11(4-2)10-21-16/h5-6,8,11,16H,3-4,7,9-10H2,1-2H3. The van der Waals surface area contributed by atoms with E-state index in [2.05, 4.69) is 6.92 Å². The van der Waals surface area contributed by atoms with Crippen molar-refractivity contribution >= 4 is 5.97 Å². The van der Waals surface area contributed by atoms with Gasteiger partial charge in [-0.1, -0.05) is 19.9 Å². The van der Waals surface area contributed by atoms with E-state index in [1.165, 1.54) is 18.2 Å². The molecule has 116 valence electrons. The average molecular weight is 296 g/mol. The fourth-order valence-electron chi connectivity index (χ4n) is 2.08. The summed E-state index contributed by atoms with van der Waals surface area (Å²) in [7, 11) is 0. The summed E-state index contributed by atoms with van der Waals surface area (Å²) in [6.45, 7) is 5.41. The van der Waals surface area contributed by atoms with Crippen molar-refractivity contribution in [1.82, 2.24) is 0 Å². The Morgan fingerprint density at radius 3 is 2.62 bits per heavy atom. The first-order valence-electron chi connectivity index (χ1n) is 7.35. The number of halogens is 1. The quantitative estimate of drug-likeness (QED) is 0.781. The number of benzene rings is 1. The molecule has 1 saturated heterocycles. The molecule has 0 radical (unpaired) electrons. The average Bonchev–Trinajstić information content (AvgIpc) is 2.52. The van der Waals surface area contributed by atoms with Gasteiger partial charge in [0.15, 0.2) is 6.29 Å². The predicted molar refractivity (Wildman–Crippen MR) is 75.4 cm³/mol. The van der Waals surface area contributed by atoms with Gasteiger partial charge in [0.1, 0.15) is 5.82 Å². The Bertz CT molecular complexity index is 481. The SMILES string of the molecule is CCCOC(=O)c1ccc(C2OCC(CC)CO2)c(F)c1. The first-order valence-corrected chi connectivity index (χ1v) is 7.35. The Kier molecular flexibility index (Phi) is 5.70. The number of ether oxygens (including phenoxy) is 3. The van der Waals surface area contributed by atoms with Crippen molar-refractivity contribution in [1.29, 1.82) is 0 Å². The highest BCUT2D eigenvalue weighted by molar-refractivity contribution is 5.89. The summed E-state index contributed by atoms with van der Waals surface area (Å²) in [5, 5.41) is 0. The molecule has 0 N–H and O–H groups in total. The molecule has 1 aromatic rings. The van der Waals surface area contributed by atoms with Gasteiger partial charge in [0.2, 0.25) is 0 Å². The third kappa shape index (κ3) is 4.02. The van der Waals surface area contributed by atoms with Gasteiger partial charge in [-0.3, -0.25) is 0 Å². The molecule has 5 heteroatoms. The van der Waals surface area contributed by atoms with Crippen LogP contribution in [0.2, 0.25) is 0 Å². The molecular weight excluding hydrogens is 275 g/mol. The Labute approximate surface area is 124 Å². The molecule has 0 saturated carbocycles. The van der Waals surface area contributed by atoms with Gasteiger partial charge in [-0.15, -0.1) is 0 Å². The van der Waals surface area contributed by atoms with Crippen LogP contribution >= 0.6 is 0 Å². The number of carbonyl (C=O) groups is 1. The summed E-state index contributed by atoms with van der Waals surface area (Å²) >= 11 is 0. The second-order valence-electron chi connectivity index (χ2n) is 5.15. The zero-order valence-electron chi connectivity index (χ0n) is 12.4. The van der Waals surface area contributed by atoms with E-state index in [0.29, 0.717) is 31.3 Å². The number of hydrogen-bond acceptors (Lipinski definition) is 4. The van der Waals surface area contributed by atoms with E-state index in [1.54, 1.807) is 0 Å². The lowest BCUT2D eigenvalue weighted by molar-refractivity contribution is -0.206. The van der Waals surface area contributed by atoms with Gasteiger partial charge < -0.3 is 14.2 Å². The maximum Gasteiger partial charge on any atom is 0.338 e. The van der Waals surface area contributed by atoms with Gasteiger partial charge >= 0.3 is 5.97 Å². The van der Waals surface area contributed by atoms with Crippen LogP contribution in [0.5, 0.6) is 0 Å². The third-order valence-electron chi connectivity index (χ3n) is 3.47. The molecule has 4 nitrogen and oxygen atoms in total. The lowest BCUT2D eigenvalue weighted by atomic mass is 10.1. The second-order valence-corrected chi connectivity index (χ2v) is 5.15. The van der Waals surface area contributed by atoms with Crippen LogP contribution in [0.15, 0.2) is 18.2 Å². The number of rotatable bonds is 5. The van der Waals surface area contributed by atoms with Crippen LogP contribution in [0, 0.1) is 11.7 Å². The van der Waals surface area contributed by atoms with Crippen LogP contribution in [0.3, 0.4) is 0 Å². The third-order valence-corrected chi connectivity index (χ3v) is 3.47. The monoisotopic (exact) mass is 296 g/mol. The lowest BCUT2D eigenvalue weighted by Crippen LogP contribution is -2.27. The molecule has 1 heterocycles. The van der Waals surface area contributed by atoms with E-state index < -0.39 is 18.1 Å². The molecular formula is C16H21FO4. The van der Waals surface area contributed by atoms with Crippen molar-refractivity contribution in [3.05, 3.63) is 35.1 Å². The van der Waals surface area contributed by atoms with E-state index in [0.717, 1.165) is 12.8 Å². The van der Waals surface area contributed by atoms with Crippen LogP contribution in [-0.2, 0) is 14.2 Å². The van der Waals surface area contributed by atoms with Crippen molar-refractivity contribution in [3.8, 4) is 0 Å². The zero-order valence-corrected chi connectivity index (χ0v) is 12.4. The molecule has 1 aliphatic heterocycles. The molecule has 2 rings (SSSR count). The summed E-state index contributed by atoms with van der Waals surface area (Å²) in [5.74, 6) is -0.674. The lowest BCUT2D eigenvalue weighted by Gasteiger charge is -2.29. The molecule has 0 spiro atoms. The Hall–Kier alpha value is -1.46. The van der Waals surface area contributed by atoms with Crippen LogP contribution in [0.4, 0.5) is 4.39 Å². The fraction of sp³-hybridized carbons (Fsp3) is 0.562. The Morgan fingerprint density at radius 1 is 1.33 bits per heavy atom. The van der Waals surface area contributed by atoms with Gasteiger partial charge in [0.05, 0.1) is 25.4 Å². The highest BCUT2D eigenvalue weighted by Gasteiger charge is 2.25. The number of carbonyl (C=O) groups excluding carboxylic acids is 1. The highest BCUT2D eigenvalue weighted by Crippen LogP contribution is 2.28. The molecule has 0 aliphatic carbocycles. The largest absolute Gasteiger partial charge is 0.462 e. The normalized spacial score (nSPS) is 22.0. The van der Waals surface area contributed by atoms with Crippen LogP contribution in [-0.4, -0.2) is 25.8 Å². The second kappa shape index (κ2) is 7.52. The molecule has 0 unspecified atom stereocenters. The van der Waals surface area contributed by atoms with Crippen LogP contribution in [0.25, 0.3) is 0 Å². The molecule has 0 bridgehead atoms. The minimum Gasteiger partial charge on any atom is -0.462 e. The predicted octanol–water partition coefficient (Wildman–Crippen LogP) is 3.46. The molecule has 0 aromatic heterocycles. The smallest absolute Gasteiger partial charge is 0.338 e. The minimum atomic E-state index is -0.700. The summed E-state index contributed by atoms with van der Waals surface area (Å²) in [6, 6.07) is 4.23. The van der Waals surface area contributed by atoms with Crippen molar-refractivity contribution in [3.63, 3.8) is 0 Å². The van der Waals surface area contributed by atoms with Gasteiger partial charge in [-0.05, 0) is 25.0 Å².